The van der Waals surface area contributed by atoms with Crippen molar-refractivity contribution in [2.45, 2.75) is 12.8 Å². The van der Waals surface area contributed by atoms with Gasteiger partial charge in [-0.05, 0) is 12.5 Å². The van der Waals surface area contributed by atoms with Gasteiger partial charge in [-0.1, -0.05) is 41.6 Å². The van der Waals surface area contributed by atoms with E-state index in [1.54, 1.807) is 0 Å². The Morgan fingerprint density at radius 3 is 2.74 bits per heavy atom. The molecule has 4 N–H and O–H groups in total. The summed E-state index contributed by atoms with van der Waals surface area (Å²) in [6, 6.07) is 7.85. The number of nitrogens with one attached hydrogen (secondary N) is 2. The van der Waals surface area contributed by atoms with E-state index in [2.05, 4.69) is 15.3 Å². The van der Waals surface area contributed by atoms with Gasteiger partial charge in [-0.2, -0.15) is 4.98 Å². The van der Waals surface area contributed by atoms with Gasteiger partial charge in [0, 0.05) is 22.9 Å². The second kappa shape index (κ2) is 4.99. The third-order valence-corrected chi connectivity index (χ3v) is 5.04. The Kier molecular flexibility index (Phi) is 3.05. The van der Waals surface area contributed by atoms with Crippen LogP contribution in [0.1, 0.15) is 22.6 Å². The van der Waals surface area contributed by atoms with E-state index >= 15 is 0 Å². The summed E-state index contributed by atoms with van der Waals surface area (Å²) in [5.41, 5.74) is 9.26. The van der Waals surface area contributed by atoms with Gasteiger partial charge in [0.25, 0.3) is 5.56 Å². The summed E-state index contributed by atoms with van der Waals surface area (Å²) in [4.78, 5) is 31.6. The molecule has 0 aliphatic carbocycles. The van der Waals surface area contributed by atoms with Gasteiger partial charge in [0.15, 0.2) is 0 Å². The highest BCUT2D eigenvalue weighted by Crippen LogP contribution is 2.45. The number of anilines is 2. The summed E-state index contributed by atoms with van der Waals surface area (Å²) < 4.78 is 0. The lowest BCUT2D eigenvalue weighted by Gasteiger charge is -2.26. The minimum Gasteiger partial charge on any atom is -0.369 e. The summed E-state index contributed by atoms with van der Waals surface area (Å²) in [5.74, 6) is 0.640. The molecule has 116 valence electrons. The number of H-pyrrole nitrogens is 1. The van der Waals surface area contributed by atoms with Crippen LogP contribution >= 0.6 is 11.8 Å². The summed E-state index contributed by atoms with van der Waals surface area (Å²) in [5, 5.41) is 3.11. The Morgan fingerprint density at radius 2 is 2.00 bits per heavy atom. The maximum Gasteiger partial charge on any atom is 0.258 e. The quantitative estimate of drug-likeness (QED) is 0.738. The number of rotatable bonds is 1. The maximum absolute atomic E-state index is 12.5. The number of benzene rings is 1. The molecule has 0 saturated carbocycles. The minimum absolute atomic E-state index is 0.0000463. The predicted octanol–water partition coefficient (Wildman–Crippen LogP) is 1.75. The number of hydrogen-bond acceptors (Lipinski definition) is 6. The fourth-order valence-electron chi connectivity index (χ4n) is 3.05. The van der Waals surface area contributed by atoms with Gasteiger partial charge in [0.05, 0.1) is 5.56 Å². The average Bonchev–Trinajstić information content (AvgIpc) is 2.87. The van der Waals surface area contributed by atoms with Crippen molar-refractivity contribution in [1.29, 1.82) is 0 Å². The molecule has 1 atom stereocenters. The summed E-state index contributed by atoms with van der Waals surface area (Å²) in [6.07, 6.45) is 0. The van der Waals surface area contributed by atoms with Gasteiger partial charge >= 0.3 is 0 Å². The number of hydrogen-bond donors (Lipinski definition) is 3. The molecule has 0 bridgehead atoms. The SMILES string of the molecule is Cc1ccc(C2C3=C(CSC3=O)Nc3nc(N)[nH]c(=O)c32)cc1. The molecule has 6 nitrogen and oxygen atoms in total. The van der Waals surface area contributed by atoms with Crippen LogP contribution in [0.4, 0.5) is 11.8 Å². The molecule has 0 spiro atoms. The van der Waals surface area contributed by atoms with Gasteiger partial charge in [-0.3, -0.25) is 14.6 Å². The third-order valence-electron chi connectivity index (χ3n) is 4.12. The Bertz CT molecular complexity index is 915. The van der Waals surface area contributed by atoms with Gasteiger partial charge in [-0.15, -0.1) is 0 Å². The summed E-state index contributed by atoms with van der Waals surface area (Å²) >= 11 is 1.24. The third kappa shape index (κ3) is 2.16. The zero-order valence-electron chi connectivity index (χ0n) is 12.3. The molecular weight excluding hydrogens is 312 g/mol. The summed E-state index contributed by atoms with van der Waals surface area (Å²) in [7, 11) is 0. The van der Waals surface area contributed by atoms with E-state index in [1.165, 1.54) is 11.8 Å². The Morgan fingerprint density at radius 1 is 1.26 bits per heavy atom. The van der Waals surface area contributed by atoms with Crippen molar-refractivity contribution in [2.75, 3.05) is 16.8 Å². The van der Waals surface area contributed by atoms with E-state index in [1.807, 2.05) is 31.2 Å². The monoisotopic (exact) mass is 326 g/mol. The molecule has 7 heteroatoms. The highest BCUT2D eigenvalue weighted by atomic mass is 32.2. The second-order valence-corrected chi connectivity index (χ2v) is 6.60. The van der Waals surface area contributed by atoms with E-state index in [0.29, 0.717) is 22.7 Å². The minimum atomic E-state index is -0.416. The van der Waals surface area contributed by atoms with E-state index in [9.17, 15) is 9.59 Å². The van der Waals surface area contributed by atoms with Crippen molar-refractivity contribution < 1.29 is 4.79 Å². The standard InChI is InChI=1S/C16H14N4O2S/c1-7-2-4-8(5-3-7)10-11-9(6-23-15(11)22)18-13-12(10)14(21)20-16(17)19-13/h2-5,10H,6H2,1H3,(H4,17,18,19,20,21). The smallest absolute Gasteiger partial charge is 0.258 e. The molecule has 2 aliphatic heterocycles. The second-order valence-electron chi connectivity index (χ2n) is 5.65. The fourth-order valence-corrected chi connectivity index (χ4v) is 3.95. The number of aryl methyl sites for hydroxylation is 1. The lowest BCUT2D eigenvalue weighted by Crippen LogP contribution is -2.29. The number of carbonyl (C=O) groups excluding carboxylic acids is 1. The molecule has 1 aromatic carbocycles. The number of carbonyl (C=O) groups is 1. The van der Waals surface area contributed by atoms with Crippen molar-refractivity contribution in [3.05, 3.63) is 62.6 Å². The van der Waals surface area contributed by atoms with Crippen molar-refractivity contribution in [3.8, 4) is 0 Å². The lowest BCUT2D eigenvalue weighted by atomic mass is 9.83. The number of aromatic amines is 1. The molecule has 1 unspecified atom stereocenters. The van der Waals surface area contributed by atoms with Gasteiger partial charge < -0.3 is 11.1 Å². The molecule has 4 rings (SSSR count). The van der Waals surface area contributed by atoms with Crippen molar-refractivity contribution in [1.82, 2.24) is 9.97 Å². The predicted molar refractivity (Wildman–Crippen MR) is 90.4 cm³/mol. The van der Waals surface area contributed by atoms with Crippen LogP contribution in [0.25, 0.3) is 0 Å². The van der Waals surface area contributed by atoms with E-state index in [-0.39, 0.29) is 16.6 Å². The normalized spacial score (nSPS) is 19.3. The highest BCUT2D eigenvalue weighted by molar-refractivity contribution is 8.14. The molecule has 1 aromatic heterocycles. The molecule has 0 amide bonds. The number of nitrogen functional groups attached to an aromatic ring is 1. The Hall–Kier alpha value is -2.54. The molecule has 3 heterocycles. The Balaban J connectivity index is 1.99. The van der Waals surface area contributed by atoms with Gasteiger partial charge in [0.1, 0.15) is 5.82 Å². The number of fused-ring (bicyclic) bond motifs is 1. The van der Waals surface area contributed by atoms with Crippen LogP contribution in [-0.2, 0) is 4.79 Å². The fraction of sp³-hybridized carbons (Fsp3) is 0.188. The maximum atomic E-state index is 12.5. The topological polar surface area (TPSA) is 101 Å². The number of aromatic nitrogens is 2. The average molecular weight is 326 g/mol. The molecular formula is C16H14N4O2S. The number of nitrogens with zero attached hydrogens (tertiary/aromatic N) is 1. The van der Waals surface area contributed by atoms with Crippen LogP contribution in [0, 0.1) is 6.92 Å². The van der Waals surface area contributed by atoms with E-state index in [4.69, 9.17) is 5.73 Å². The Labute approximate surface area is 136 Å². The first kappa shape index (κ1) is 14.1. The molecule has 0 fully saturated rings. The van der Waals surface area contributed by atoms with Crippen LogP contribution in [0.3, 0.4) is 0 Å². The summed E-state index contributed by atoms with van der Waals surface area (Å²) in [6.45, 7) is 2.00. The van der Waals surface area contributed by atoms with Gasteiger partial charge in [0.2, 0.25) is 11.1 Å². The van der Waals surface area contributed by atoms with Crippen molar-refractivity contribution >= 4 is 28.6 Å². The zero-order valence-corrected chi connectivity index (χ0v) is 13.2. The van der Waals surface area contributed by atoms with Gasteiger partial charge in [-0.25, -0.2) is 0 Å². The number of thioether (sulfide) groups is 1. The van der Waals surface area contributed by atoms with Crippen molar-refractivity contribution in [3.63, 3.8) is 0 Å². The van der Waals surface area contributed by atoms with E-state index < -0.39 is 5.92 Å². The number of nitrogens with two attached hydrogens (primary N) is 1. The lowest BCUT2D eigenvalue weighted by molar-refractivity contribution is -0.107. The van der Waals surface area contributed by atoms with Crippen LogP contribution in [0.5, 0.6) is 0 Å². The van der Waals surface area contributed by atoms with Crippen LogP contribution in [0.15, 0.2) is 40.3 Å². The first-order chi connectivity index (χ1) is 11.0. The molecule has 2 aliphatic rings. The largest absolute Gasteiger partial charge is 0.369 e. The van der Waals surface area contributed by atoms with Crippen molar-refractivity contribution in [2.24, 2.45) is 0 Å². The molecule has 23 heavy (non-hydrogen) atoms. The van der Waals surface area contributed by atoms with E-state index in [0.717, 1.165) is 16.8 Å². The van der Waals surface area contributed by atoms with Crippen LogP contribution in [-0.4, -0.2) is 20.8 Å². The molecule has 0 saturated heterocycles. The van der Waals surface area contributed by atoms with Crippen LogP contribution in [0.2, 0.25) is 0 Å². The molecule has 2 aromatic rings. The first-order valence-electron chi connectivity index (χ1n) is 7.18. The highest BCUT2D eigenvalue weighted by Gasteiger charge is 2.39. The molecule has 0 radical (unpaired) electrons. The first-order valence-corrected chi connectivity index (χ1v) is 8.16. The van der Waals surface area contributed by atoms with Crippen LogP contribution < -0.4 is 16.6 Å². The zero-order chi connectivity index (χ0) is 16.1.